The first-order valence-electron chi connectivity index (χ1n) is 16.0. The molecule has 0 radical (unpaired) electrons. The van der Waals surface area contributed by atoms with Crippen LogP contribution in [0, 0.1) is 46.3 Å². The third-order valence-electron chi connectivity index (χ3n) is 14.1. The molecule has 37 heavy (non-hydrogen) atoms. The zero-order valence-corrected chi connectivity index (χ0v) is 25.9. The molecule has 5 aliphatic rings. The Labute approximate surface area is 229 Å². The molecule has 0 bridgehead atoms. The van der Waals surface area contributed by atoms with Crippen molar-refractivity contribution >= 4 is 8.07 Å². The highest BCUT2D eigenvalue weighted by Gasteiger charge is 2.62. The third-order valence-corrected chi connectivity index (χ3v) is 20.8. The van der Waals surface area contributed by atoms with Crippen molar-refractivity contribution < 1.29 is 4.74 Å². The van der Waals surface area contributed by atoms with Crippen LogP contribution in [-0.2, 0) is 10.8 Å². The van der Waals surface area contributed by atoms with Gasteiger partial charge in [-0.1, -0.05) is 59.2 Å². The van der Waals surface area contributed by atoms with Gasteiger partial charge in [0.15, 0.2) is 0 Å². The number of hydrogen-bond donors (Lipinski definition) is 0. The van der Waals surface area contributed by atoms with Gasteiger partial charge in [0, 0.05) is 19.0 Å². The standard InChI is InChI=1S/C34H55NOSi/c1-32(2,3)37(23-26-9-7-8-19-35-26)20-16-24(22-37)29-12-13-30-28-11-10-25-21-27(36-6)14-17-33(25,4)31(28)15-18-34(29,30)5/h7-9,19,24-25,27-31H,10-18,20-23H2,1-6H3/t24-,25+,27+,28-,29+,30-,31-,33-,34+,37?/m0/s1. The molecular formula is C34H55NOSi. The van der Waals surface area contributed by atoms with E-state index >= 15 is 0 Å². The van der Waals surface area contributed by atoms with Gasteiger partial charge in [-0.15, -0.1) is 0 Å². The van der Waals surface area contributed by atoms with E-state index in [2.05, 4.69) is 52.8 Å². The number of rotatable bonds is 4. The Morgan fingerprint density at radius 2 is 1.68 bits per heavy atom. The van der Waals surface area contributed by atoms with E-state index in [1.807, 2.05) is 13.3 Å². The average molecular weight is 522 g/mol. The zero-order chi connectivity index (χ0) is 26.1. The van der Waals surface area contributed by atoms with Crippen molar-refractivity contribution in [2.24, 2.45) is 46.3 Å². The van der Waals surface area contributed by atoms with Crippen LogP contribution in [0.2, 0.25) is 17.1 Å². The van der Waals surface area contributed by atoms with Crippen LogP contribution in [-0.4, -0.2) is 26.3 Å². The predicted molar refractivity (Wildman–Crippen MR) is 157 cm³/mol. The van der Waals surface area contributed by atoms with E-state index < -0.39 is 8.07 Å². The molecule has 0 N–H and O–H groups in total. The van der Waals surface area contributed by atoms with Crippen molar-refractivity contribution in [3.63, 3.8) is 0 Å². The molecule has 1 aromatic heterocycles. The summed E-state index contributed by atoms with van der Waals surface area (Å²) in [6.45, 7) is 13.2. The fraction of sp³-hybridized carbons (Fsp3) is 0.853. The molecule has 1 saturated heterocycles. The minimum atomic E-state index is -1.45. The molecule has 2 heterocycles. The Morgan fingerprint density at radius 1 is 0.919 bits per heavy atom. The molecule has 1 aliphatic heterocycles. The highest BCUT2D eigenvalue weighted by molar-refractivity contribution is 6.82. The average Bonchev–Trinajstić information content (AvgIpc) is 3.45. The summed E-state index contributed by atoms with van der Waals surface area (Å²) in [7, 11) is 0.495. The Kier molecular flexibility index (Phi) is 6.79. The van der Waals surface area contributed by atoms with Gasteiger partial charge in [-0.25, -0.2) is 0 Å². The molecule has 6 rings (SSSR count). The highest BCUT2D eigenvalue weighted by atomic mass is 28.3. The van der Waals surface area contributed by atoms with Gasteiger partial charge in [-0.05, 0) is 127 Å². The largest absolute Gasteiger partial charge is 0.381 e. The number of nitrogens with zero attached hydrogens (tertiary/aromatic N) is 1. The van der Waals surface area contributed by atoms with E-state index in [9.17, 15) is 0 Å². The summed E-state index contributed by atoms with van der Waals surface area (Å²) in [4.78, 5) is 4.82. The van der Waals surface area contributed by atoms with Crippen molar-refractivity contribution in [1.82, 2.24) is 4.98 Å². The van der Waals surface area contributed by atoms with Crippen LogP contribution in [0.25, 0.3) is 0 Å². The van der Waals surface area contributed by atoms with Gasteiger partial charge in [0.25, 0.3) is 0 Å². The first kappa shape index (κ1) is 26.5. The zero-order valence-electron chi connectivity index (χ0n) is 24.9. The SMILES string of the molecule is CO[C@@H]1CC[C@@]2(C)[C@H](CC[C@@H]3[C@@H]2CC[C@]2(C)[C@@H]([C@H]4CC[Si](Cc5ccccn5)(C(C)(C)C)C4)CC[C@@H]32)C1. The third kappa shape index (κ3) is 4.23. The maximum atomic E-state index is 5.85. The number of fused-ring (bicyclic) bond motifs is 5. The molecule has 206 valence electrons. The highest BCUT2D eigenvalue weighted by Crippen LogP contribution is 2.70. The second kappa shape index (κ2) is 9.46. The molecule has 1 unspecified atom stereocenters. The van der Waals surface area contributed by atoms with Crippen LogP contribution >= 0.6 is 0 Å². The normalized spacial score (nSPS) is 47.8. The van der Waals surface area contributed by atoms with E-state index in [-0.39, 0.29) is 0 Å². The van der Waals surface area contributed by atoms with Crippen molar-refractivity contribution in [2.75, 3.05) is 7.11 Å². The van der Waals surface area contributed by atoms with Gasteiger partial charge in [-0.2, -0.15) is 0 Å². The summed E-state index contributed by atoms with van der Waals surface area (Å²) in [5, 5.41) is 0.462. The minimum Gasteiger partial charge on any atom is -0.381 e. The fourth-order valence-corrected chi connectivity index (χ4v) is 17.5. The van der Waals surface area contributed by atoms with Crippen molar-refractivity contribution in [3.8, 4) is 0 Å². The summed E-state index contributed by atoms with van der Waals surface area (Å²) >= 11 is 0. The lowest BCUT2D eigenvalue weighted by atomic mass is 9.44. The van der Waals surface area contributed by atoms with E-state index in [4.69, 9.17) is 9.72 Å². The lowest BCUT2D eigenvalue weighted by molar-refractivity contribution is -0.132. The summed E-state index contributed by atoms with van der Waals surface area (Å²) in [6.07, 6.45) is 17.2. The van der Waals surface area contributed by atoms with Crippen molar-refractivity contribution in [1.29, 1.82) is 0 Å². The van der Waals surface area contributed by atoms with Crippen LogP contribution in [0.15, 0.2) is 24.4 Å². The number of ether oxygens (including phenoxy) is 1. The lowest BCUT2D eigenvalue weighted by Crippen LogP contribution is -2.54. The minimum absolute atomic E-state index is 0.462. The first-order chi connectivity index (χ1) is 17.6. The molecule has 2 nitrogen and oxygen atoms in total. The molecule has 4 aliphatic carbocycles. The van der Waals surface area contributed by atoms with Gasteiger partial charge < -0.3 is 4.74 Å². The molecule has 4 saturated carbocycles. The number of methoxy groups -OCH3 is 1. The molecule has 3 heteroatoms. The second-order valence-corrected chi connectivity index (χ2v) is 21.4. The van der Waals surface area contributed by atoms with Gasteiger partial charge in [-0.3, -0.25) is 4.98 Å². The van der Waals surface area contributed by atoms with Gasteiger partial charge in [0.2, 0.25) is 0 Å². The molecule has 0 aromatic carbocycles. The van der Waals surface area contributed by atoms with Crippen LogP contribution in [0.3, 0.4) is 0 Å². The van der Waals surface area contributed by atoms with E-state index in [1.54, 1.807) is 6.04 Å². The second-order valence-electron chi connectivity index (χ2n) is 16.0. The van der Waals surface area contributed by atoms with Crippen LogP contribution in [0.4, 0.5) is 0 Å². The van der Waals surface area contributed by atoms with E-state index in [1.165, 1.54) is 82.0 Å². The predicted octanol–water partition coefficient (Wildman–Crippen LogP) is 9.11. The molecule has 5 fully saturated rings. The summed E-state index contributed by atoms with van der Waals surface area (Å²) in [5.74, 6) is 5.85. The summed E-state index contributed by atoms with van der Waals surface area (Å²) in [5.41, 5.74) is 2.56. The van der Waals surface area contributed by atoms with Gasteiger partial charge in [0.05, 0.1) is 14.2 Å². The van der Waals surface area contributed by atoms with Crippen LogP contribution < -0.4 is 0 Å². The van der Waals surface area contributed by atoms with E-state index in [0.717, 1.165) is 35.5 Å². The van der Waals surface area contributed by atoms with Crippen molar-refractivity contribution in [2.45, 2.75) is 128 Å². The quantitative estimate of drug-likeness (QED) is 0.369. The number of pyridine rings is 1. The van der Waals surface area contributed by atoms with Crippen molar-refractivity contribution in [3.05, 3.63) is 30.1 Å². The van der Waals surface area contributed by atoms with Gasteiger partial charge in [0.1, 0.15) is 0 Å². The Morgan fingerprint density at radius 3 is 2.41 bits per heavy atom. The smallest absolute Gasteiger partial charge is 0.0653 e. The summed E-state index contributed by atoms with van der Waals surface area (Å²) in [6, 6.07) is 11.0. The lowest BCUT2D eigenvalue weighted by Gasteiger charge is -2.61. The first-order valence-corrected chi connectivity index (χ1v) is 18.6. The monoisotopic (exact) mass is 521 g/mol. The number of aromatic nitrogens is 1. The Hall–Kier alpha value is -0.673. The maximum absolute atomic E-state index is 5.85. The van der Waals surface area contributed by atoms with Gasteiger partial charge >= 0.3 is 0 Å². The molecule has 1 aromatic rings. The molecule has 0 spiro atoms. The molecule has 0 amide bonds. The molecular weight excluding hydrogens is 466 g/mol. The Bertz CT molecular complexity index is 958. The van der Waals surface area contributed by atoms with E-state index in [0.29, 0.717) is 22.0 Å². The maximum Gasteiger partial charge on any atom is 0.0653 e. The topological polar surface area (TPSA) is 22.1 Å². The molecule has 10 atom stereocenters. The Balaban J connectivity index is 1.20. The summed E-state index contributed by atoms with van der Waals surface area (Å²) < 4.78 is 5.85. The fourth-order valence-electron chi connectivity index (χ4n) is 11.7. The van der Waals surface area contributed by atoms with Crippen LogP contribution in [0.1, 0.15) is 105 Å². The van der Waals surface area contributed by atoms with Crippen LogP contribution in [0.5, 0.6) is 0 Å². The number of hydrogen-bond acceptors (Lipinski definition) is 2.